The van der Waals surface area contributed by atoms with Crippen molar-refractivity contribution in [3.63, 3.8) is 0 Å². The van der Waals surface area contributed by atoms with Crippen molar-refractivity contribution in [1.82, 2.24) is 0 Å². The summed E-state index contributed by atoms with van der Waals surface area (Å²) in [5.74, 6) is -0.203. The molecular formula is C47H66FNO7. The average Bonchev–Trinajstić information content (AvgIpc) is 3.20. The molecule has 0 radical (unpaired) electrons. The monoisotopic (exact) mass is 775 g/mol. The van der Waals surface area contributed by atoms with Crippen molar-refractivity contribution in [2.45, 2.75) is 141 Å². The summed E-state index contributed by atoms with van der Waals surface area (Å²) >= 11 is 0. The lowest BCUT2D eigenvalue weighted by atomic mass is 9.78. The molecule has 1 amide bonds. The maximum atomic E-state index is 13.7. The minimum atomic E-state index is -0.309. The normalized spacial score (nSPS) is 23.7. The Hall–Kier alpha value is -3.34. The average molecular weight is 776 g/mol. The van der Waals surface area contributed by atoms with Crippen molar-refractivity contribution in [2.24, 2.45) is 5.92 Å². The summed E-state index contributed by atoms with van der Waals surface area (Å²) in [5.41, 5.74) is 3.99. The van der Waals surface area contributed by atoms with Gasteiger partial charge in [-0.2, -0.15) is 0 Å². The van der Waals surface area contributed by atoms with Crippen LogP contribution in [0.4, 0.5) is 10.1 Å². The highest BCUT2D eigenvalue weighted by molar-refractivity contribution is 6.03. The fourth-order valence-corrected chi connectivity index (χ4v) is 7.79. The fourth-order valence-electron chi connectivity index (χ4n) is 7.79. The van der Waals surface area contributed by atoms with E-state index in [-0.39, 0.29) is 60.0 Å². The molecule has 0 aliphatic carbocycles. The SMILES string of the molecule is CCCCOC[C@H]1O[C@@H](Cc2ccc([C@@H]3[C@@H](CCCc4ccc(F)cc4)C(=O)N3c3ccc(O)cc3)cc2)C(OCCCC)[C@@H](OCCCC)[C@@H]1OCCCC. The number of hydrogen-bond acceptors (Lipinski definition) is 7. The largest absolute Gasteiger partial charge is 0.508 e. The predicted molar refractivity (Wildman–Crippen MR) is 220 cm³/mol. The first-order valence-electron chi connectivity index (χ1n) is 21.4. The number of hydrogen-bond donors (Lipinski definition) is 1. The Morgan fingerprint density at radius 1 is 0.661 bits per heavy atom. The quantitative estimate of drug-likeness (QED) is 0.0678. The summed E-state index contributed by atoms with van der Waals surface area (Å²) in [6.45, 7) is 11.7. The van der Waals surface area contributed by atoms with Gasteiger partial charge in [-0.1, -0.05) is 89.8 Å². The lowest BCUT2D eigenvalue weighted by Gasteiger charge is -2.48. The second-order valence-electron chi connectivity index (χ2n) is 15.4. The number of unbranched alkanes of at least 4 members (excludes halogenated alkanes) is 4. The van der Waals surface area contributed by atoms with E-state index < -0.39 is 0 Å². The highest BCUT2D eigenvalue weighted by Gasteiger charge is 2.49. The third-order valence-electron chi connectivity index (χ3n) is 11.1. The molecule has 7 atom stereocenters. The molecule has 2 heterocycles. The molecule has 0 bridgehead atoms. The maximum Gasteiger partial charge on any atom is 0.233 e. The van der Waals surface area contributed by atoms with E-state index in [1.165, 1.54) is 12.1 Å². The van der Waals surface area contributed by atoms with Gasteiger partial charge in [0.25, 0.3) is 0 Å². The Morgan fingerprint density at radius 2 is 1.21 bits per heavy atom. The van der Waals surface area contributed by atoms with Gasteiger partial charge in [0.05, 0.1) is 24.7 Å². The first-order chi connectivity index (χ1) is 27.4. The van der Waals surface area contributed by atoms with Crippen LogP contribution in [-0.4, -0.2) is 74.6 Å². The molecule has 2 fully saturated rings. The molecule has 56 heavy (non-hydrogen) atoms. The van der Waals surface area contributed by atoms with Crippen LogP contribution in [0, 0.1) is 11.7 Å². The number of anilines is 1. The van der Waals surface area contributed by atoms with Crippen LogP contribution >= 0.6 is 0 Å². The smallest absolute Gasteiger partial charge is 0.233 e. The summed E-state index contributed by atoms with van der Waals surface area (Å²) in [5, 5.41) is 9.96. The van der Waals surface area contributed by atoms with E-state index in [1.807, 2.05) is 17.0 Å². The number of ether oxygens (including phenoxy) is 5. The van der Waals surface area contributed by atoms with Crippen LogP contribution in [0.15, 0.2) is 72.8 Å². The zero-order valence-electron chi connectivity index (χ0n) is 34.2. The topological polar surface area (TPSA) is 86.7 Å². The summed E-state index contributed by atoms with van der Waals surface area (Å²) in [6.07, 6.45) is 9.52. The van der Waals surface area contributed by atoms with Gasteiger partial charge in [-0.3, -0.25) is 4.79 Å². The molecule has 9 heteroatoms. The van der Waals surface area contributed by atoms with Crippen LogP contribution in [0.5, 0.6) is 5.75 Å². The van der Waals surface area contributed by atoms with Gasteiger partial charge in [0.2, 0.25) is 5.91 Å². The maximum absolute atomic E-state index is 13.7. The molecule has 8 nitrogen and oxygen atoms in total. The highest BCUT2D eigenvalue weighted by atomic mass is 19.1. The number of rotatable bonds is 25. The molecule has 2 saturated heterocycles. The van der Waals surface area contributed by atoms with Crippen molar-refractivity contribution < 1.29 is 38.0 Å². The summed E-state index contributed by atoms with van der Waals surface area (Å²) in [6, 6.07) is 21.9. The Kier molecular flexibility index (Phi) is 18.1. The van der Waals surface area contributed by atoms with Gasteiger partial charge in [-0.15, -0.1) is 0 Å². The van der Waals surface area contributed by atoms with Crippen LogP contribution in [-0.2, 0) is 41.3 Å². The molecule has 2 aliphatic heterocycles. The van der Waals surface area contributed by atoms with Crippen LogP contribution in [0.2, 0.25) is 0 Å². The number of carbonyl (C=O) groups excluding carboxylic acids is 1. The number of amides is 1. The zero-order valence-corrected chi connectivity index (χ0v) is 34.2. The van der Waals surface area contributed by atoms with Crippen molar-refractivity contribution in [2.75, 3.05) is 37.9 Å². The molecule has 3 aromatic carbocycles. The first-order valence-corrected chi connectivity index (χ1v) is 21.4. The number of nitrogens with zero attached hydrogens (tertiary/aromatic N) is 1. The first kappa shape index (κ1) is 43.8. The molecule has 0 spiro atoms. The van der Waals surface area contributed by atoms with Gasteiger partial charge in [0.15, 0.2) is 0 Å². The van der Waals surface area contributed by atoms with E-state index in [2.05, 4.69) is 52.0 Å². The zero-order chi connectivity index (χ0) is 39.7. The van der Waals surface area contributed by atoms with E-state index in [0.717, 1.165) is 86.6 Å². The van der Waals surface area contributed by atoms with E-state index in [9.17, 15) is 14.3 Å². The lowest BCUT2D eigenvalue weighted by Crippen LogP contribution is -2.62. The summed E-state index contributed by atoms with van der Waals surface area (Å²) < 4.78 is 46.6. The molecule has 1 unspecified atom stereocenters. The summed E-state index contributed by atoms with van der Waals surface area (Å²) in [4.78, 5) is 15.6. The number of aromatic hydroxyl groups is 1. The Bertz CT molecular complexity index is 1550. The number of aryl methyl sites for hydroxylation is 1. The third kappa shape index (κ3) is 12.1. The van der Waals surface area contributed by atoms with Crippen molar-refractivity contribution >= 4 is 11.6 Å². The van der Waals surface area contributed by atoms with E-state index in [4.69, 9.17) is 23.7 Å². The molecule has 308 valence electrons. The Balaban J connectivity index is 1.37. The van der Waals surface area contributed by atoms with E-state index >= 15 is 0 Å². The van der Waals surface area contributed by atoms with Crippen molar-refractivity contribution in [3.05, 3.63) is 95.3 Å². The van der Waals surface area contributed by atoms with Gasteiger partial charge in [-0.25, -0.2) is 4.39 Å². The lowest BCUT2D eigenvalue weighted by molar-refractivity contribution is -0.265. The van der Waals surface area contributed by atoms with Gasteiger partial charge < -0.3 is 33.7 Å². The van der Waals surface area contributed by atoms with Gasteiger partial charge in [-0.05, 0) is 98.0 Å². The molecule has 3 aromatic rings. The molecule has 1 N–H and O–H groups in total. The van der Waals surface area contributed by atoms with Crippen LogP contribution in [0.25, 0.3) is 0 Å². The number of halogens is 1. The standard InChI is InChI=1S/C47H66FNO7/c1-5-9-28-52-33-42-45(54-30-11-7-3)46(55-31-12-8-4)44(53-29-10-6-2)41(56-42)32-35-16-20-36(21-17-35)43-40(15-13-14-34-18-22-37(48)23-19-34)47(51)49(43)38-24-26-39(50)27-25-38/h16-27,40-46,50H,5-15,28-33H2,1-4H3/t40-,41+,42-,43-,44?,45-,46-/m1/s1. The summed E-state index contributed by atoms with van der Waals surface area (Å²) in [7, 11) is 0. The number of β-lactam (4-membered cyclic amide) rings is 1. The van der Waals surface area contributed by atoms with Crippen LogP contribution in [0.3, 0.4) is 0 Å². The number of phenols is 1. The molecular weight excluding hydrogens is 710 g/mol. The fraction of sp³-hybridized carbons (Fsp3) is 0.596. The van der Waals surface area contributed by atoms with Gasteiger partial charge in [0, 0.05) is 38.5 Å². The molecule has 5 rings (SSSR count). The molecule has 2 aliphatic rings. The molecule has 0 saturated carbocycles. The second-order valence-corrected chi connectivity index (χ2v) is 15.4. The second kappa shape index (κ2) is 23.2. The van der Waals surface area contributed by atoms with Gasteiger partial charge >= 0.3 is 0 Å². The molecule has 0 aromatic heterocycles. The number of phenolic OH excluding ortho intramolecular Hbond substituents is 1. The minimum absolute atomic E-state index is 0.0727. The Labute approximate surface area is 335 Å². The number of benzene rings is 3. The number of carbonyl (C=O) groups is 1. The predicted octanol–water partition coefficient (Wildman–Crippen LogP) is 9.94. The third-order valence-corrected chi connectivity index (χ3v) is 11.1. The van der Waals surface area contributed by atoms with E-state index in [1.54, 1.807) is 24.3 Å². The van der Waals surface area contributed by atoms with E-state index in [0.29, 0.717) is 45.9 Å². The van der Waals surface area contributed by atoms with Crippen molar-refractivity contribution in [1.29, 1.82) is 0 Å². The van der Waals surface area contributed by atoms with Crippen LogP contribution < -0.4 is 4.90 Å². The minimum Gasteiger partial charge on any atom is -0.508 e. The Morgan fingerprint density at radius 3 is 1.82 bits per heavy atom. The van der Waals surface area contributed by atoms with Crippen LogP contribution in [0.1, 0.15) is 115 Å². The van der Waals surface area contributed by atoms with Crippen molar-refractivity contribution in [3.8, 4) is 5.75 Å². The van der Waals surface area contributed by atoms with Gasteiger partial charge in [0.1, 0.15) is 36.0 Å². The highest BCUT2D eigenvalue weighted by Crippen LogP contribution is 2.46.